The smallest absolute Gasteiger partial charge is 0.305 e. The lowest BCUT2D eigenvalue weighted by Crippen LogP contribution is -2.14. The van der Waals surface area contributed by atoms with Crippen molar-refractivity contribution in [2.45, 2.75) is 12.6 Å². The van der Waals surface area contributed by atoms with Gasteiger partial charge in [0.1, 0.15) is 12.0 Å². The van der Waals surface area contributed by atoms with Crippen molar-refractivity contribution in [2.75, 3.05) is 0 Å². The Morgan fingerprint density at radius 3 is 3.27 bits per heavy atom. The van der Waals surface area contributed by atoms with Crippen molar-refractivity contribution in [3.05, 3.63) is 36.3 Å². The molecular weight excluding hydrogens is 192 g/mol. The Balaban J connectivity index is 2.08. The van der Waals surface area contributed by atoms with Gasteiger partial charge < -0.3 is 9.47 Å². The van der Waals surface area contributed by atoms with E-state index in [9.17, 15) is 0 Å². The van der Waals surface area contributed by atoms with Crippen molar-refractivity contribution in [1.82, 2.24) is 9.55 Å². The van der Waals surface area contributed by atoms with Gasteiger partial charge in [-0.25, -0.2) is 0 Å². The van der Waals surface area contributed by atoms with E-state index >= 15 is 0 Å². The summed E-state index contributed by atoms with van der Waals surface area (Å²) in [7, 11) is 0. The normalized spacial score (nSPS) is 21.9. The molecule has 0 unspecified atom stereocenters. The van der Waals surface area contributed by atoms with E-state index in [0.29, 0.717) is 6.01 Å². The lowest BCUT2D eigenvalue weighted by molar-refractivity contribution is 0.0917. The Morgan fingerprint density at radius 2 is 2.27 bits per heavy atom. The summed E-state index contributed by atoms with van der Waals surface area (Å²) in [5.41, 5.74) is 2.01. The zero-order chi connectivity index (χ0) is 9.83. The molecule has 4 heteroatoms. The molecule has 4 nitrogen and oxygen atoms in total. The third-order valence-corrected chi connectivity index (χ3v) is 2.81. The van der Waals surface area contributed by atoms with Gasteiger partial charge in [0.05, 0.1) is 17.5 Å². The zero-order valence-corrected chi connectivity index (χ0v) is 7.88. The van der Waals surface area contributed by atoms with Crippen LogP contribution in [0, 0.1) is 0 Å². The molecule has 0 saturated carbocycles. The van der Waals surface area contributed by atoms with Crippen LogP contribution in [-0.4, -0.2) is 9.55 Å². The summed E-state index contributed by atoms with van der Waals surface area (Å²) in [6.45, 7) is 0. The van der Waals surface area contributed by atoms with Crippen LogP contribution in [0.25, 0.3) is 11.0 Å². The van der Waals surface area contributed by atoms with Crippen LogP contribution in [0.4, 0.5) is 0 Å². The molecule has 4 rings (SSSR count). The van der Waals surface area contributed by atoms with Crippen LogP contribution in [0.3, 0.4) is 0 Å². The van der Waals surface area contributed by atoms with Crippen molar-refractivity contribution in [3.63, 3.8) is 0 Å². The maximum atomic E-state index is 5.60. The van der Waals surface area contributed by atoms with Crippen molar-refractivity contribution in [2.24, 2.45) is 0 Å². The van der Waals surface area contributed by atoms with E-state index in [1.807, 2.05) is 28.8 Å². The Bertz CT molecular complexity index is 585. The summed E-state index contributed by atoms with van der Waals surface area (Å²) in [5, 5.41) is 0. The molecule has 0 radical (unpaired) electrons. The molecule has 2 aromatic rings. The number of hydrogen-bond donors (Lipinski definition) is 0. The fourth-order valence-corrected chi connectivity index (χ4v) is 2.13. The van der Waals surface area contributed by atoms with Crippen LogP contribution in [0.15, 0.2) is 36.3 Å². The second kappa shape index (κ2) is 2.34. The van der Waals surface area contributed by atoms with Gasteiger partial charge in [0, 0.05) is 0 Å². The van der Waals surface area contributed by atoms with E-state index < -0.39 is 0 Å². The number of aromatic nitrogens is 2. The first-order valence-corrected chi connectivity index (χ1v) is 4.91. The van der Waals surface area contributed by atoms with Gasteiger partial charge in [-0.2, -0.15) is 4.98 Å². The standard InChI is InChI=1S/C11H8N2O2/c1-2-4-9-8(3-1)12-11-13(9)10-5-7(15-11)6-14-10/h1-4,6,10H,5H2/t10-/m0/s1. The Morgan fingerprint density at radius 1 is 1.33 bits per heavy atom. The van der Waals surface area contributed by atoms with Crippen molar-refractivity contribution in [1.29, 1.82) is 0 Å². The number of para-hydroxylation sites is 2. The van der Waals surface area contributed by atoms with E-state index in [4.69, 9.17) is 9.47 Å². The molecule has 3 heterocycles. The summed E-state index contributed by atoms with van der Waals surface area (Å²) in [4.78, 5) is 4.41. The molecule has 2 aliphatic heterocycles. The maximum Gasteiger partial charge on any atom is 0.305 e. The quantitative estimate of drug-likeness (QED) is 0.654. The van der Waals surface area contributed by atoms with Crippen molar-refractivity contribution < 1.29 is 9.47 Å². The van der Waals surface area contributed by atoms with Crippen LogP contribution in [0.1, 0.15) is 12.6 Å². The van der Waals surface area contributed by atoms with E-state index in [1.165, 1.54) is 0 Å². The monoisotopic (exact) mass is 200 g/mol. The minimum Gasteiger partial charge on any atom is -0.474 e. The predicted molar refractivity (Wildman–Crippen MR) is 53.2 cm³/mol. The first-order valence-electron chi connectivity index (χ1n) is 4.91. The fourth-order valence-electron chi connectivity index (χ4n) is 2.13. The second-order valence-corrected chi connectivity index (χ2v) is 3.73. The average molecular weight is 200 g/mol. The molecule has 1 aromatic heterocycles. The third-order valence-electron chi connectivity index (χ3n) is 2.81. The fraction of sp³-hybridized carbons (Fsp3) is 0.182. The van der Waals surface area contributed by atoms with Gasteiger partial charge in [-0.15, -0.1) is 0 Å². The molecule has 0 saturated heterocycles. The highest BCUT2D eigenvalue weighted by Gasteiger charge is 2.32. The molecule has 0 spiro atoms. The van der Waals surface area contributed by atoms with Crippen molar-refractivity contribution in [3.8, 4) is 6.01 Å². The Kier molecular flexibility index (Phi) is 1.14. The van der Waals surface area contributed by atoms with Crippen LogP contribution in [0.2, 0.25) is 0 Å². The van der Waals surface area contributed by atoms with Crippen molar-refractivity contribution >= 4 is 11.0 Å². The van der Waals surface area contributed by atoms with Crippen LogP contribution < -0.4 is 4.74 Å². The van der Waals surface area contributed by atoms with Crippen LogP contribution in [0.5, 0.6) is 6.01 Å². The first-order chi connectivity index (χ1) is 7.42. The summed E-state index contributed by atoms with van der Waals surface area (Å²) in [6.07, 6.45) is 2.50. The van der Waals surface area contributed by atoms with Gasteiger partial charge >= 0.3 is 6.01 Å². The maximum absolute atomic E-state index is 5.60. The minimum atomic E-state index is 0.0242. The second-order valence-electron chi connectivity index (χ2n) is 3.73. The van der Waals surface area contributed by atoms with Gasteiger partial charge in [0.15, 0.2) is 6.23 Å². The molecule has 2 bridgehead atoms. The number of benzene rings is 1. The van der Waals surface area contributed by atoms with E-state index in [2.05, 4.69) is 4.98 Å². The molecule has 74 valence electrons. The molecule has 15 heavy (non-hydrogen) atoms. The van der Waals surface area contributed by atoms with Gasteiger partial charge in [-0.05, 0) is 12.1 Å². The molecular formula is C11H8N2O2. The molecule has 1 atom stereocenters. The van der Waals surface area contributed by atoms with Gasteiger partial charge in [-0.3, -0.25) is 4.57 Å². The number of fused-ring (bicyclic) bond motifs is 6. The highest BCUT2D eigenvalue weighted by Crippen LogP contribution is 2.39. The summed E-state index contributed by atoms with van der Waals surface area (Å²) in [6, 6.07) is 8.61. The molecule has 0 amide bonds. The van der Waals surface area contributed by atoms with Gasteiger partial charge in [0.2, 0.25) is 0 Å². The van der Waals surface area contributed by atoms with E-state index in [-0.39, 0.29) is 6.23 Å². The first kappa shape index (κ1) is 7.34. The zero-order valence-electron chi connectivity index (χ0n) is 7.88. The minimum absolute atomic E-state index is 0.0242. The van der Waals surface area contributed by atoms with Gasteiger partial charge in [-0.1, -0.05) is 12.1 Å². The summed E-state index contributed by atoms with van der Waals surface area (Å²) >= 11 is 0. The van der Waals surface area contributed by atoms with E-state index in [0.717, 1.165) is 23.2 Å². The number of hydrogen-bond acceptors (Lipinski definition) is 3. The Labute approximate surface area is 85.7 Å². The number of rotatable bonds is 0. The predicted octanol–water partition coefficient (Wildman–Crippen LogP) is 2.19. The van der Waals surface area contributed by atoms with Crippen LogP contribution >= 0.6 is 0 Å². The molecule has 1 aromatic carbocycles. The van der Waals surface area contributed by atoms with E-state index in [1.54, 1.807) is 6.26 Å². The average Bonchev–Trinajstić information content (AvgIpc) is 2.80. The lowest BCUT2D eigenvalue weighted by Gasteiger charge is -2.19. The molecule has 0 N–H and O–H groups in total. The largest absolute Gasteiger partial charge is 0.474 e. The number of ether oxygens (including phenoxy) is 2. The molecule has 2 aliphatic rings. The summed E-state index contributed by atoms with van der Waals surface area (Å²) in [5.74, 6) is 0.864. The number of imidazole rings is 1. The summed E-state index contributed by atoms with van der Waals surface area (Å²) < 4.78 is 13.1. The highest BCUT2D eigenvalue weighted by atomic mass is 16.6. The lowest BCUT2D eigenvalue weighted by atomic mass is 10.3. The van der Waals surface area contributed by atoms with Crippen LogP contribution in [-0.2, 0) is 4.74 Å². The Hall–Kier alpha value is -1.97. The third kappa shape index (κ3) is 0.837. The highest BCUT2D eigenvalue weighted by molar-refractivity contribution is 5.77. The number of nitrogens with zero attached hydrogens (tertiary/aromatic N) is 2. The topological polar surface area (TPSA) is 36.3 Å². The van der Waals surface area contributed by atoms with Gasteiger partial charge in [0.25, 0.3) is 0 Å². The molecule has 0 fully saturated rings. The SMILES string of the molecule is C1=C2C[C@H](O1)n1c(nc3ccccc31)O2. The molecule has 0 aliphatic carbocycles.